The summed E-state index contributed by atoms with van der Waals surface area (Å²) in [5, 5.41) is 27.5. The number of anilines is 2. The number of nitrogens with zero attached hydrogens (tertiary/aromatic N) is 7. The topological polar surface area (TPSA) is 129 Å². The van der Waals surface area contributed by atoms with Crippen molar-refractivity contribution in [1.29, 1.82) is 0 Å². The minimum atomic E-state index is -0.0393. The Morgan fingerprint density at radius 3 is 2.00 bits per heavy atom. The summed E-state index contributed by atoms with van der Waals surface area (Å²) in [5.41, 5.74) is 0.544. The van der Waals surface area contributed by atoms with E-state index in [4.69, 9.17) is 9.47 Å². The van der Waals surface area contributed by atoms with E-state index >= 15 is 0 Å². The molecule has 2 aromatic rings. The molecule has 1 aromatic carbocycles. The first-order chi connectivity index (χ1) is 14.2. The van der Waals surface area contributed by atoms with Crippen molar-refractivity contribution in [2.75, 3.05) is 62.4 Å². The Kier molecular flexibility index (Phi) is 5.96. The third-order valence-corrected chi connectivity index (χ3v) is 4.66. The van der Waals surface area contributed by atoms with Gasteiger partial charge in [0.15, 0.2) is 0 Å². The number of azo groups is 1. The molecular formula is C18H23N7O4. The van der Waals surface area contributed by atoms with E-state index in [9.17, 15) is 10.2 Å². The summed E-state index contributed by atoms with van der Waals surface area (Å²) in [7, 11) is 0. The van der Waals surface area contributed by atoms with Crippen LogP contribution in [0.1, 0.15) is 5.56 Å². The van der Waals surface area contributed by atoms with Gasteiger partial charge in [0.05, 0.1) is 33.0 Å². The molecule has 0 radical (unpaired) electrons. The van der Waals surface area contributed by atoms with Gasteiger partial charge in [0.2, 0.25) is 11.9 Å². The van der Waals surface area contributed by atoms with Gasteiger partial charge >= 0.3 is 0 Å². The highest BCUT2D eigenvalue weighted by molar-refractivity contribution is 5.44. The highest BCUT2D eigenvalue weighted by atomic mass is 16.5. The summed E-state index contributed by atoms with van der Waals surface area (Å²) in [5.74, 6) is 1.26. The van der Waals surface area contributed by atoms with Crippen LogP contribution in [0.25, 0.3) is 0 Å². The van der Waals surface area contributed by atoms with Crippen LogP contribution in [0.15, 0.2) is 28.4 Å². The minimum Gasteiger partial charge on any atom is -0.508 e. The normalized spacial score (nSPS) is 17.8. The maximum atomic E-state index is 9.88. The summed E-state index contributed by atoms with van der Waals surface area (Å²) < 4.78 is 10.8. The van der Waals surface area contributed by atoms with Crippen molar-refractivity contribution in [2.24, 2.45) is 10.2 Å². The van der Waals surface area contributed by atoms with E-state index in [1.165, 1.54) is 12.1 Å². The molecule has 0 bridgehead atoms. The number of aromatic nitrogens is 3. The molecule has 0 atom stereocenters. The van der Waals surface area contributed by atoms with Crippen LogP contribution in [0.3, 0.4) is 0 Å². The maximum absolute atomic E-state index is 9.88. The molecule has 1 aromatic heterocycles. The fraction of sp³-hybridized carbons (Fsp3) is 0.500. The van der Waals surface area contributed by atoms with Gasteiger partial charge in [-0.2, -0.15) is 20.1 Å². The molecule has 4 rings (SSSR count). The van der Waals surface area contributed by atoms with Crippen LogP contribution < -0.4 is 9.80 Å². The zero-order chi connectivity index (χ0) is 20.1. The summed E-state index contributed by atoms with van der Waals surface area (Å²) in [6.07, 6.45) is 0. The van der Waals surface area contributed by atoms with Gasteiger partial charge < -0.3 is 29.5 Å². The van der Waals surface area contributed by atoms with Crippen LogP contribution >= 0.6 is 0 Å². The van der Waals surface area contributed by atoms with Crippen LogP contribution in [0.5, 0.6) is 11.5 Å². The first-order valence-corrected chi connectivity index (χ1v) is 9.49. The lowest BCUT2D eigenvalue weighted by Gasteiger charge is -2.29. The molecule has 2 saturated heterocycles. The highest BCUT2D eigenvalue weighted by Crippen LogP contribution is 2.24. The molecular weight excluding hydrogens is 378 g/mol. The summed E-state index contributed by atoms with van der Waals surface area (Å²) in [4.78, 5) is 17.6. The Hall–Kier alpha value is -3.05. The smallest absolute Gasteiger partial charge is 0.275 e. The third-order valence-electron chi connectivity index (χ3n) is 4.66. The number of rotatable bonds is 5. The summed E-state index contributed by atoms with van der Waals surface area (Å²) in [6, 6.07) is 4.34. The maximum Gasteiger partial charge on any atom is 0.275 e. The molecule has 2 N–H and O–H groups in total. The van der Waals surface area contributed by atoms with E-state index in [1.807, 2.05) is 9.80 Å². The minimum absolute atomic E-state index is 0.00837. The third kappa shape index (κ3) is 4.87. The fourth-order valence-electron chi connectivity index (χ4n) is 3.06. The zero-order valence-electron chi connectivity index (χ0n) is 15.9. The SMILES string of the molecule is Oc1ccc(CN=Nc2nc(N3CCOCC3)nc(N3CCOCC3)n2)c(O)c1. The first-order valence-electron chi connectivity index (χ1n) is 9.49. The van der Waals surface area contributed by atoms with Crippen LogP contribution in [0.4, 0.5) is 17.8 Å². The van der Waals surface area contributed by atoms with Gasteiger partial charge in [-0.1, -0.05) is 0 Å². The molecule has 0 unspecified atom stereocenters. The number of hydrogen-bond donors (Lipinski definition) is 2. The quantitative estimate of drug-likeness (QED) is 0.711. The van der Waals surface area contributed by atoms with Crippen LogP contribution in [0, 0.1) is 0 Å². The second-order valence-corrected chi connectivity index (χ2v) is 6.65. The average Bonchev–Trinajstić information content (AvgIpc) is 2.76. The van der Waals surface area contributed by atoms with Gasteiger partial charge in [-0.15, -0.1) is 5.11 Å². The highest BCUT2D eigenvalue weighted by Gasteiger charge is 2.20. The zero-order valence-corrected chi connectivity index (χ0v) is 15.9. The average molecular weight is 401 g/mol. The number of phenolic OH excluding ortho intramolecular Hbond substituents is 2. The molecule has 3 heterocycles. The molecule has 0 saturated carbocycles. The molecule has 29 heavy (non-hydrogen) atoms. The van der Waals surface area contributed by atoms with Crippen molar-refractivity contribution >= 4 is 17.8 Å². The van der Waals surface area contributed by atoms with Gasteiger partial charge in [-0.25, -0.2) is 0 Å². The van der Waals surface area contributed by atoms with E-state index in [0.29, 0.717) is 70.1 Å². The van der Waals surface area contributed by atoms with E-state index < -0.39 is 0 Å². The lowest BCUT2D eigenvalue weighted by atomic mass is 10.2. The van der Waals surface area contributed by atoms with Gasteiger partial charge in [-0.05, 0) is 12.1 Å². The van der Waals surface area contributed by atoms with Crippen molar-refractivity contribution in [3.05, 3.63) is 23.8 Å². The second kappa shape index (κ2) is 8.97. The molecule has 0 aliphatic carbocycles. The number of morpholine rings is 2. The molecule has 2 aliphatic heterocycles. The number of phenols is 2. The van der Waals surface area contributed by atoms with E-state index in [1.54, 1.807) is 6.07 Å². The van der Waals surface area contributed by atoms with Gasteiger partial charge in [-0.3, -0.25) is 0 Å². The second-order valence-electron chi connectivity index (χ2n) is 6.65. The first kappa shape index (κ1) is 19.3. The van der Waals surface area contributed by atoms with E-state index in [2.05, 4.69) is 25.2 Å². The van der Waals surface area contributed by atoms with Crippen molar-refractivity contribution in [1.82, 2.24) is 15.0 Å². The monoisotopic (exact) mass is 401 g/mol. The Labute approximate surface area is 167 Å². The number of benzene rings is 1. The molecule has 11 heteroatoms. The molecule has 2 aliphatic rings. The van der Waals surface area contributed by atoms with Gasteiger partial charge in [0, 0.05) is 37.8 Å². The number of aromatic hydroxyl groups is 2. The van der Waals surface area contributed by atoms with Crippen LogP contribution in [0.2, 0.25) is 0 Å². The van der Waals surface area contributed by atoms with Crippen molar-refractivity contribution in [2.45, 2.75) is 6.54 Å². The van der Waals surface area contributed by atoms with Crippen LogP contribution in [-0.2, 0) is 16.0 Å². The summed E-state index contributed by atoms with van der Waals surface area (Å²) >= 11 is 0. The Morgan fingerprint density at radius 1 is 0.862 bits per heavy atom. The predicted molar refractivity (Wildman–Crippen MR) is 104 cm³/mol. The lowest BCUT2D eigenvalue weighted by Crippen LogP contribution is -2.39. The molecule has 0 spiro atoms. The predicted octanol–water partition coefficient (Wildman–Crippen LogP) is 1.24. The molecule has 0 amide bonds. The Bertz CT molecular complexity index is 831. The van der Waals surface area contributed by atoms with Crippen molar-refractivity contribution in [3.63, 3.8) is 0 Å². The van der Waals surface area contributed by atoms with Crippen molar-refractivity contribution < 1.29 is 19.7 Å². The van der Waals surface area contributed by atoms with E-state index in [-0.39, 0.29) is 24.0 Å². The van der Waals surface area contributed by atoms with E-state index in [0.717, 1.165) is 0 Å². The Balaban J connectivity index is 1.56. The van der Waals surface area contributed by atoms with Crippen LogP contribution in [-0.4, -0.2) is 77.8 Å². The molecule has 154 valence electrons. The van der Waals surface area contributed by atoms with Gasteiger partial charge in [0.1, 0.15) is 11.5 Å². The summed E-state index contributed by atoms with van der Waals surface area (Å²) in [6.45, 7) is 5.41. The van der Waals surface area contributed by atoms with Crippen molar-refractivity contribution in [3.8, 4) is 11.5 Å². The van der Waals surface area contributed by atoms with Gasteiger partial charge in [0.25, 0.3) is 5.95 Å². The fourth-order valence-corrected chi connectivity index (χ4v) is 3.06. The largest absolute Gasteiger partial charge is 0.508 e. The Morgan fingerprint density at radius 2 is 1.45 bits per heavy atom. The number of ether oxygens (including phenoxy) is 2. The standard InChI is InChI=1S/C18H23N7O4/c26-14-2-1-13(15(27)11-14)12-19-23-16-20-17(24-3-7-28-8-4-24)22-18(21-16)25-5-9-29-10-6-25/h1-2,11,26-27H,3-10,12H2. The number of hydrogen-bond acceptors (Lipinski definition) is 11. The lowest BCUT2D eigenvalue weighted by molar-refractivity contribution is 0.121. The molecule has 11 nitrogen and oxygen atoms in total. The molecule has 2 fully saturated rings.